The lowest BCUT2D eigenvalue weighted by molar-refractivity contribution is 0.116. The third kappa shape index (κ3) is 3.10. The maximum atomic E-state index is 13.7. The van der Waals surface area contributed by atoms with E-state index in [4.69, 9.17) is 4.42 Å². The molecule has 3 aromatic heterocycles. The lowest BCUT2D eigenvalue weighted by atomic mass is 10.2. The van der Waals surface area contributed by atoms with Crippen LogP contribution in [0, 0.1) is 5.82 Å². The van der Waals surface area contributed by atoms with Gasteiger partial charge in [-0.15, -0.1) is 10.2 Å². The molecule has 0 N–H and O–H groups in total. The second kappa shape index (κ2) is 6.56. The fourth-order valence-corrected chi connectivity index (χ4v) is 3.17. The van der Waals surface area contributed by atoms with E-state index in [1.807, 2.05) is 16.8 Å². The summed E-state index contributed by atoms with van der Waals surface area (Å²) < 4.78 is 46.1. The number of halogens is 4. The van der Waals surface area contributed by atoms with E-state index in [2.05, 4.69) is 31.1 Å². The van der Waals surface area contributed by atoms with Crippen LogP contribution in [0.25, 0.3) is 22.4 Å². The zero-order valence-corrected chi connectivity index (χ0v) is 14.6. The molecule has 1 aromatic carbocycles. The first-order valence-corrected chi connectivity index (χ1v) is 8.31. The first kappa shape index (κ1) is 16.8. The molecule has 0 amide bonds. The van der Waals surface area contributed by atoms with Gasteiger partial charge in [-0.3, -0.25) is 4.98 Å². The minimum Gasteiger partial charge on any atom is -0.415 e. The quantitative estimate of drug-likeness (QED) is 0.465. The van der Waals surface area contributed by atoms with E-state index in [9.17, 15) is 13.2 Å². The van der Waals surface area contributed by atoms with Crippen molar-refractivity contribution in [2.24, 2.45) is 0 Å². The molecule has 0 unspecified atom stereocenters. The predicted octanol–water partition coefficient (Wildman–Crippen LogP) is 4.97. The number of alkyl halides is 2. The van der Waals surface area contributed by atoms with Gasteiger partial charge in [0.05, 0.1) is 23.3 Å². The molecular weight excluding hydrogens is 413 g/mol. The summed E-state index contributed by atoms with van der Waals surface area (Å²) in [6, 6.07) is 8.14. The summed E-state index contributed by atoms with van der Waals surface area (Å²) in [5, 5.41) is 7.77. The molecule has 0 spiro atoms. The zero-order valence-electron chi connectivity index (χ0n) is 13.0. The van der Waals surface area contributed by atoms with Gasteiger partial charge in [-0.1, -0.05) is 0 Å². The van der Waals surface area contributed by atoms with Gasteiger partial charge in [-0.05, 0) is 46.3 Å². The van der Waals surface area contributed by atoms with Crippen molar-refractivity contribution in [1.82, 2.24) is 19.7 Å². The molecular formula is C17H10BrF3N4O. The molecule has 4 aromatic rings. The molecule has 0 radical (unpaired) electrons. The maximum absolute atomic E-state index is 13.7. The third-order valence-electron chi connectivity index (χ3n) is 3.83. The van der Waals surface area contributed by atoms with E-state index < -0.39 is 12.3 Å². The van der Waals surface area contributed by atoms with E-state index in [0.29, 0.717) is 22.3 Å². The van der Waals surface area contributed by atoms with Crippen molar-refractivity contribution in [2.45, 2.75) is 13.0 Å². The molecule has 9 heteroatoms. The van der Waals surface area contributed by atoms with Crippen LogP contribution in [0.15, 0.2) is 51.6 Å². The molecule has 0 aliphatic rings. The summed E-state index contributed by atoms with van der Waals surface area (Å²) in [6.07, 6.45) is 0.503. The highest BCUT2D eigenvalue weighted by atomic mass is 79.9. The van der Waals surface area contributed by atoms with E-state index >= 15 is 0 Å². The summed E-state index contributed by atoms with van der Waals surface area (Å²) in [5.41, 5.74) is 1.89. The Morgan fingerprint density at radius 2 is 2.00 bits per heavy atom. The van der Waals surface area contributed by atoms with Gasteiger partial charge in [0, 0.05) is 22.3 Å². The Morgan fingerprint density at radius 3 is 2.69 bits per heavy atom. The van der Waals surface area contributed by atoms with Crippen LogP contribution in [0.4, 0.5) is 13.2 Å². The molecule has 0 saturated carbocycles. The first-order chi connectivity index (χ1) is 12.5. The number of hydrogen-bond acceptors (Lipinski definition) is 4. The monoisotopic (exact) mass is 422 g/mol. The smallest absolute Gasteiger partial charge is 0.314 e. The van der Waals surface area contributed by atoms with Crippen LogP contribution in [-0.2, 0) is 6.54 Å². The van der Waals surface area contributed by atoms with Gasteiger partial charge in [0.25, 0.3) is 5.89 Å². The second-order valence-electron chi connectivity index (χ2n) is 5.55. The Morgan fingerprint density at radius 1 is 1.15 bits per heavy atom. The molecule has 5 nitrogen and oxygen atoms in total. The number of fused-ring (bicyclic) bond motifs is 1. The van der Waals surface area contributed by atoms with Crippen LogP contribution < -0.4 is 0 Å². The van der Waals surface area contributed by atoms with Crippen molar-refractivity contribution in [3.05, 3.63) is 64.6 Å². The van der Waals surface area contributed by atoms with Gasteiger partial charge in [0.2, 0.25) is 5.89 Å². The van der Waals surface area contributed by atoms with Crippen molar-refractivity contribution in [2.75, 3.05) is 0 Å². The van der Waals surface area contributed by atoms with Crippen molar-refractivity contribution in [3.63, 3.8) is 0 Å². The highest BCUT2D eigenvalue weighted by Gasteiger charge is 2.17. The minimum atomic E-state index is -2.81. The van der Waals surface area contributed by atoms with Crippen LogP contribution in [0.2, 0.25) is 0 Å². The fourth-order valence-electron chi connectivity index (χ4n) is 2.61. The molecule has 26 heavy (non-hydrogen) atoms. The lowest BCUT2D eigenvalue weighted by Gasteiger charge is -2.06. The number of benzene rings is 1. The summed E-state index contributed by atoms with van der Waals surface area (Å²) in [6.45, 7) is 0.422. The summed E-state index contributed by atoms with van der Waals surface area (Å²) >= 11 is 3.35. The fraction of sp³-hybridized carbons (Fsp3) is 0.118. The Bertz CT molecular complexity index is 1080. The number of rotatable bonds is 4. The van der Waals surface area contributed by atoms with Crippen LogP contribution in [0.3, 0.4) is 0 Å². The van der Waals surface area contributed by atoms with E-state index in [1.165, 1.54) is 18.3 Å². The Hall–Kier alpha value is -2.68. The summed E-state index contributed by atoms with van der Waals surface area (Å²) in [5.74, 6) is -1.08. The van der Waals surface area contributed by atoms with Crippen molar-refractivity contribution >= 4 is 26.8 Å². The largest absolute Gasteiger partial charge is 0.415 e. The van der Waals surface area contributed by atoms with Crippen LogP contribution in [-0.4, -0.2) is 19.7 Å². The normalized spacial score (nSPS) is 11.6. The number of hydrogen-bond donors (Lipinski definition) is 0. The molecule has 0 bridgehead atoms. The van der Waals surface area contributed by atoms with E-state index in [-0.39, 0.29) is 11.7 Å². The highest BCUT2D eigenvalue weighted by Crippen LogP contribution is 2.27. The number of nitrogens with zero attached hydrogens (tertiary/aromatic N) is 4. The minimum absolute atomic E-state index is 0.0169. The van der Waals surface area contributed by atoms with Gasteiger partial charge < -0.3 is 8.98 Å². The van der Waals surface area contributed by atoms with Crippen LogP contribution >= 0.6 is 15.9 Å². The Balaban J connectivity index is 1.60. The van der Waals surface area contributed by atoms with Gasteiger partial charge in [-0.2, -0.15) is 8.78 Å². The van der Waals surface area contributed by atoms with E-state index in [0.717, 1.165) is 10.9 Å². The topological polar surface area (TPSA) is 56.7 Å². The van der Waals surface area contributed by atoms with Gasteiger partial charge in [0.1, 0.15) is 5.82 Å². The molecule has 0 aliphatic heterocycles. The van der Waals surface area contributed by atoms with Crippen LogP contribution in [0.5, 0.6) is 0 Å². The van der Waals surface area contributed by atoms with Crippen molar-refractivity contribution < 1.29 is 17.6 Å². The number of pyridine rings is 1. The molecule has 0 atom stereocenters. The van der Waals surface area contributed by atoms with Gasteiger partial charge in [-0.25, -0.2) is 4.39 Å². The summed E-state index contributed by atoms with van der Waals surface area (Å²) in [4.78, 5) is 4.29. The first-order valence-electron chi connectivity index (χ1n) is 7.52. The van der Waals surface area contributed by atoms with Crippen molar-refractivity contribution in [1.29, 1.82) is 0 Å². The standard InChI is InChI=1S/C17H10BrF3N4O/c18-13-5-10(19)6-14-12(13)3-4-25(14)8-11-2-1-9(7-22-11)16-23-24-17(26-16)15(20)21/h1-7,15H,8H2. The second-order valence-corrected chi connectivity index (χ2v) is 6.40. The van der Waals surface area contributed by atoms with Crippen molar-refractivity contribution in [3.8, 4) is 11.5 Å². The van der Waals surface area contributed by atoms with Gasteiger partial charge >= 0.3 is 6.43 Å². The average molecular weight is 423 g/mol. The Labute approximate surface area is 153 Å². The van der Waals surface area contributed by atoms with Gasteiger partial charge in [0.15, 0.2) is 0 Å². The lowest BCUT2D eigenvalue weighted by Crippen LogP contribution is -2.00. The SMILES string of the molecule is Fc1cc(Br)c2ccn(Cc3ccc(-c4nnc(C(F)F)o4)cn3)c2c1. The molecule has 0 aliphatic carbocycles. The Kier molecular flexibility index (Phi) is 4.23. The summed E-state index contributed by atoms with van der Waals surface area (Å²) in [7, 11) is 0. The third-order valence-corrected chi connectivity index (χ3v) is 4.49. The average Bonchev–Trinajstić information content (AvgIpc) is 3.24. The molecule has 0 saturated heterocycles. The van der Waals surface area contributed by atoms with Crippen LogP contribution in [0.1, 0.15) is 18.0 Å². The maximum Gasteiger partial charge on any atom is 0.314 e. The number of aromatic nitrogens is 4. The highest BCUT2D eigenvalue weighted by molar-refractivity contribution is 9.10. The molecule has 132 valence electrons. The predicted molar refractivity (Wildman–Crippen MR) is 91.2 cm³/mol. The molecule has 3 heterocycles. The zero-order chi connectivity index (χ0) is 18.3. The molecule has 4 rings (SSSR count). The molecule has 0 fully saturated rings. The van der Waals surface area contributed by atoms with E-state index in [1.54, 1.807) is 12.1 Å².